The van der Waals surface area contributed by atoms with Crippen molar-refractivity contribution in [1.82, 2.24) is 5.32 Å². The number of halogens is 1. The van der Waals surface area contributed by atoms with E-state index in [0.717, 1.165) is 23.9 Å². The first-order valence-corrected chi connectivity index (χ1v) is 7.89. The molecule has 1 aliphatic heterocycles. The van der Waals surface area contributed by atoms with E-state index in [2.05, 4.69) is 36.1 Å². The molecule has 0 aromatic heterocycles. The van der Waals surface area contributed by atoms with Crippen LogP contribution in [0.15, 0.2) is 24.3 Å². The van der Waals surface area contributed by atoms with Crippen LogP contribution < -0.4 is 5.32 Å². The van der Waals surface area contributed by atoms with Crippen molar-refractivity contribution in [3.05, 3.63) is 34.9 Å². The van der Waals surface area contributed by atoms with E-state index in [1.54, 1.807) is 0 Å². The van der Waals surface area contributed by atoms with Gasteiger partial charge in [-0.1, -0.05) is 30.7 Å². The highest BCUT2D eigenvalue weighted by Crippen LogP contribution is 2.24. The molecule has 1 N–H and O–H groups in total. The molecule has 0 saturated carbocycles. The number of hydrogen-bond acceptors (Lipinski definition) is 2. The van der Waals surface area contributed by atoms with Crippen LogP contribution in [0.4, 0.5) is 0 Å². The van der Waals surface area contributed by atoms with Crippen molar-refractivity contribution < 1.29 is 0 Å². The van der Waals surface area contributed by atoms with Gasteiger partial charge >= 0.3 is 0 Å². The largest absolute Gasteiger partial charge is 0.310 e. The standard InChI is InChI=1S/C14H20ClNS/c1-2-14(12-3-5-13(15)6-4-12)16-9-11-7-8-17-10-11/h3-6,11,14,16H,2,7-10H2,1H3. The Bertz CT molecular complexity index is 333. The highest BCUT2D eigenvalue weighted by Gasteiger charge is 2.17. The van der Waals surface area contributed by atoms with Crippen LogP contribution in [0.5, 0.6) is 0 Å². The van der Waals surface area contributed by atoms with Gasteiger partial charge in [0.05, 0.1) is 0 Å². The van der Waals surface area contributed by atoms with E-state index in [4.69, 9.17) is 11.6 Å². The van der Waals surface area contributed by atoms with E-state index < -0.39 is 0 Å². The molecule has 1 aromatic rings. The summed E-state index contributed by atoms with van der Waals surface area (Å²) in [6, 6.07) is 8.69. The first kappa shape index (κ1) is 13.3. The molecule has 0 bridgehead atoms. The van der Waals surface area contributed by atoms with Crippen molar-refractivity contribution in [2.24, 2.45) is 5.92 Å². The molecule has 17 heavy (non-hydrogen) atoms. The van der Waals surface area contributed by atoms with Gasteiger partial charge in [-0.2, -0.15) is 11.8 Å². The van der Waals surface area contributed by atoms with Gasteiger partial charge in [-0.05, 0) is 54.5 Å². The van der Waals surface area contributed by atoms with Gasteiger partial charge in [-0.15, -0.1) is 0 Å². The molecule has 1 nitrogen and oxygen atoms in total. The van der Waals surface area contributed by atoms with Gasteiger partial charge in [0.15, 0.2) is 0 Å². The summed E-state index contributed by atoms with van der Waals surface area (Å²) < 4.78 is 0. The molecule has 94 valence electrons. The van der Waals surface area contributed by atoms with E-state index in [1.807, 2.05) is 12.1 Å². The second-order valence-corrected chi connectivity index (χ2v) is 6.24. The highest BCUT2D eigenvalue weighted by molar-refractivity contribution is 7.99. The Morgan fingerprint density at radius 2 is 2.18 bits per heavy atom. The zero-order chi connectivity index (χ0) is 12.1. The molecule has 0 amide bonds. The van der Waals surface area contributed by atoms with Crippen LogP contribution in [0.25, 0.3) is 0 Å². The third kappa shape index (κ3) is 3.90. The van der Waals surface area contributed by atoms with Crippen LogP contribution in [-0.2, 0) is 0 Å². The zero-order valence-electron chi connectivity index (χ0n) is 10.3. The minimum absolute atomic E-state index is 0.470. The number of rotatable bonds is 5. The van der Waals surface area contributed by atoms with Crippen molar-refractivity contribution in [3.63, 3.8) is 0 Å². The maximum Gasteiger partial charge on any atom is 0.0406 e. The maximum absolute atomic E-state index is 5.92. The molecule has 2 atom stereocenters. The first-order chi connectivity index (χ1) is 8.29. The summed E-state index contributed by atoms with van der Waals surface area (Å²) in [5.74, 6) is 3.52. The SMILES string of the molecule is CCC(NCC1CCSC1)c1ccc(Cl)cc1. The first-order valence-electron chi connectivity index (χ1n) is 6.36. The average Bonchev–Trinajstić information content (AvgIpc) is 2.85. The van der Waals surface area contributed by atoms with Crippen molar-refractivity contribution in [3.8, 4) is 0 Å². The van der Waals surface area contributed by atoms with E-state index >= 15 is 0 Å². The van der Waals surface area contributed by atoms with Crippen molar-refractivity contribution >= 4 is 23.4 Å². The van der Waals surface area contributed by atoms with Crippen LogP contribution in [0.2, 0.25) is 5.02 Å². The molecule has 0 radical (unpaired) electrons. The lowest BCUT2D eigenvalue weighted by Crippen LogP contribution is -2.27. The van der Waals surface area contributed by atoms with E-state index in [9.17, 15) is 0 Å². The summed E-state index contributed by atoms with van der Waals surface area (Å²) in [7, 11) is 0. The predicted octanol–water partition coefficient (Wildman–Crippen LogP) is 4.13. The Kier molecular flexibility index (Phi) is 5.20. The van der Waals surface area contributed by atoms with Gasteiger partial charge < -0.3 is 5.32 Å². The van der Waals surface area contributed by atoms with Gasteiger partial charge in [-0.3, -0.25) is 0 Å². The lowest BCUT2D eigenvalue weighted by atomic mass is 10.0. The smallest absolute Gasteiger partial charge is 0.0406 e. The monoisotopic (exact) mass is 269 g/mol. The molecule has 0 aliphatic carbocycles. The molecular formula is C14H20ClNS. The van der Waals surface area contributed by atoms with Crippen molar-refractivity contribution in [2.75, 3.05) is 18.1 Å². The minimum atomic E-state index is 0.470. The topological polar surface area (TPSA) is 12.0 Å². The third-order valence-electron chi connectivity index (χ3n) is 3.36. The fourth-order valence-corrected chi connectivity index (χ4v) is 3.66. The van der Waals surface area contributed by atoms with Gasteiger partial charge in [0.25, 0.3) is 0 Å². The quantitative estimate of drug-likeness (QED) is 0.862. The number of nitrogens with one attached hydrogen (secondary N) is 1. The van der Waals surface area contributed by atoms with Gasteiger partial charge in [0.1, 0.15) is 0 Å². The van der Waals surface area contributed by atoms with Crippen molar-refractivity contribution in [1.29, 1.82) is 0 Å². The summed E-state index contributed by atoms with van der Waals surface area (Å²) in [4.78, 5) is 0. The van der Waals surface area contributed by atoms with E-state index in [1.165, 1.54) is 23.5 Å². The van der Waals surface area contributed by atoms with Crippen LogP contribution >= 0.6 is 23.4 Å². The summed E-state index contributed by atoms with van der Waals surface area (Å²) in [6.07, 6.45) is 2.50. The molecule has 0 spiro atoms. The second kappa shape index (κ2) is 6.67. The normalized spacial score (nSPS) is 21.6. The third-order valence-corrected chi connectivity index (χ3v) is 4.84. The maximum atomic E-state index is 5.92. The molecule has 1 aliphatic rings. The molecule has 1 fully saturated rings. The molecule has 1 heterocycles. The van der Waals surface area contributed by atoms with E-state index in [0.29, 0.717) is 6.04 Å². The molecule has 2 unspecified atom stereocenters. The fourth-order valence-electron chi connectivity index (χ4n) is 2.25. The lowest BCUT2D eigenvalue weighted by molar-refractivity contribution is 0.451. The Labute approximate surface area is 113 Å². The van der Waals surface area contributed by atoms with Gasteiger partial charge in [-0.25, -0.2) is 0 Å². The van der Waals surface area contributed by atoms with Gasteiger partial charge in [0.2, 0.25) is 0 Å². The summed E-state index contributed by atoms with van der Waals surface area (Å²) in [5, 5.41) is 4.51. The van der Waals surface area contributed by atoms with Crippen LogP contribution in [-0.4, -0.2) is 18.1 Å². The molecule has 1 aromatic carbocycles. The van der Waals surface area contributed by atoms with Crippen LogP contribution in [0.3, 0.4) is 0 Å². The molecule has 1 saturated heterocycles. The number of benzene rings is 1. The lowest BCUT2D eigenvalue weighted by Gasteiger charge is -2.19. The Hall–Kier alpha value is -0.180. The predicted molar refractivity (Wildman–Crippen MR) is 77.9 cm³/mol. The second-order valence-electron chi connectivity index (χ2n) is 4.65. The summed E-state index contributed by atoms with van der Waals surface area (Å²) >= 11 is 8.00. The highest BCUT2D eigenvalue weighted by atomic mass is 35.5. The summed E-state index contributed by atoms with van der Waals surface area (Å²) in [5.41, 5.74) is 1.35. The number of thioether (sulfide) groups is 1. The Morgan fingerprint density at radius 1 is 1.41 bits per heavy atom. The average molecular weight is 270 g/mol. The molecule has 3 heteroatoms. The van der Waals surface area contributed by atoms with Crippen LogP contribution in [0, 0.1) is 5.92 Å². The van der Waals surface area contributed by atoms with Crippen LogP contribution in [0.1, 0.15) is 31.4 Å². The molecular weight excluding hydrogens is 250 g/mol. The Balaban J connectivity index is 1.89. The van der Waals surface area contributed by atoms with Gasteiger partial charge in [0, 0.05) is 11.1 Å². The minimum Gasteiger partial charge on any atom is -0.310 e. The van der Waals surface area contributed by atoms with E-state index in [-0.39, 0.29) is 0 Å². The Morgan fingerprint density at radius 3 is 2.76 bits per heavy atom. The van der Waals surface area contributed by atoms with Crippen molar-refractivity contribution in [2.45, 2.75) is 25.8 Å². The molecule has 2 rings (SSSR count). The summed E-state index contributed by atoms with van der Waals surface area (Å²) in [6.45, 7) is 3.38. The number of hydrogen-bond donors (Lipinski definition) is 1. The zero-order valence-corrected chi connectivity index (χ0v) is 11.9. The fraction of sp³-hybridized carbons (Fsp3) is 0.571.